The van der Waals surface area contributed by atoms with Crippen molar-refractivity contribution in [2.45, 2.75) is 6.54 Å². The summed E-state index contributed by atoms with van der Waals surface area (Å²) in [6.45, 7) is 1.95. The van der Waals surface area contributed by atoms with Crippen LogP contribution in [-0.2, 0) is 6.54 Å². The largest absolute Gasteiger partial charge is 0.378 e. The number of hydrogen-bond acceptors (Lipinski definition) is 6. The van der Waals surface area contributed by atoms with Crippen LogP contribution in [0.5, 0.6) is 0 Å². The van der Waals surface area contributed by atoms with Crippen molar-refractivity contribution in [3.63, 3.8) is 0 Å². The molecule has 2 N–H and O–H groups in total. The molecule has 1 aromatic carbocycles. The predicted octanol–water partition coefficient (Wildman–Crippen LogP) is 2.71. The Morgan fingerprint density at radius 3 is 2.75 bits per heavy atom. The number of halogens is 1. The summed E-state index contributed by atoms with van der Waals surface area (Å²) in [4.78, 5) is 16.4. The maximum atomic E-state index is 13.9. The Hall–Kier alpha value is -2.74. The van der Waals surface area contributed by atoms with Crippen molar-refractivity contribution in [3.05, 3.63) is 58.0 Å². The number of anilines is 2. The lowest BCUT2D eigenvalue weighted by Gasteiger charge is -2.14. The molecule has 0 radical (unpaired) electrons. The van der Waals surface area contributed by atoms with E-state index in [2.05, 4.69) is 20.5 Å². The summed E-state index contributed by atoms with van der Waals surface area (Å²) in [5, 5.41) is 16.8. The van der Waals surface area contributed by atoms with Gasteiger partial charge in [-0.15, -0.1) is 0 Å². The first-order chi connectivity index (χ1) is 11.5. The van der Waals surface area contributed by atoms with Crippen LogP contribution in [0.2, 0.25) is 0 Å². The van der Waals surface area contributed by atoms with Gasteiger partial charge >= 0.3 is 0 Å². The highest BCUT2D eigenvalue weighted by molar-refractivity contribution is 5.52. The van der Waals surface area contributed by atoms with E-state index in [1.165, 1.54) is 12.1 Å². The number of aromatic nitrogens is 1. The second-order valence-corrected chi connectivity index (χ2v) is 5.52. The molecule has 0 amide bonds. The lowest BCUT2D eigenvalue weighted by Crippen LogP contribution is -2.21. The van der Waals surface area contributed by atoms with E-state index < -0.39 is 10.7 Å². The fourth-order valence-corrected chi connectivity index (χ4v) is 2.09. The van der Waals surface area contributed by atoms with Crippen LogP contribution in [0, 0.1) is 15.9 Å². The highest BCUT2D eigenvalue weighted by atomic mass is 19.1. The number of nitro groups is 1. The van der Waals surface area contributed by atoms with E-state index in [1.54, 1.807) is 12.3 Å². The first kappa shape index (κ1) is 17.6. The van der Waals surface area contributed by atoms with E-state index in [0.717, 1.165) is 30.5 Å². The zero-order chi connectivity index (χ0) is 17.5. The molecule has 8 heteroatoms. The smallest absolute Gasteiger partial charge is 0.272 e. The van der Waals surface area contributed by atoms with Gasteiger partial charge in [-0.1, -0.05) is 6.07 Å². The first-order valence-electron chi connectivity index (χ1n) is 7.47. The molecule has 0 aliphatic rings. The lowest BCUT2D eigenvalue weighted by atomic mass is 10.2. The van der Waals surface area contributed by atoms with Gasteiger partial charge in [0.2, 0.25) is 0 Å². The van der Waals surface area contributed by atoms with E-state index in [0.29, 0.717) is 6.54 Å². The highest BCUT2D eigenvalue weighted by Gasteiger charge is 2.11. The minimum absolute atomic E-state index is 0.212. The van der Waals surface area contributed by atoms with Crippen LogP contribution in [0.15, 0.2) is 36.5 Å². The molecule has 2 aromatic rings. The second-order valence-electron chi connectivity index (χ2n) is 5.52. The van der Waals surface area contributed by atoms with Gasteiger partial charge in [-0.05, 0) is 26.2 Å². The molecule has 0 saturated heterocycles. The summed E-state index contributed by atoms with van der Waals surface area (Å²) in [5.74, 6) is 0.0735. The van der Waals surface area contributed by atoms with Crippen molar-refractivity contribution >= 4 is 17.2 Å². The Balaban J connectivity index is 2.03. The third-order valence-electron chi connectivity index (χ3n) is 3.38. The average molecular weight is 333 g/mol. The molecule has 1 aromatic heterocycles. The van der Waals surface area contributed by atoms with Gasteiger partial charge in [0.15, 0.2) is 5.82 Å². The van der Waals surface area contributed by atoms with Crippen molar-refractivity contribution in [2.75, 3.05) is 37.8 Å². The number of nitro benzene ring substituents is 1. The summed E-state index contributed by atoms with van der Waals surface area (Å²) in [7, 11) is 3.97. The van der Waals surface area contributed by atoms with Crippen molar-refractivity contribution in [1.29, 1.82) is 0 Å². The number of likely N-dealkylation sites (N-methyl/N-ethyl adjacent to an activating group) is 1. The van der Waals surface area contributed by atoms with Gasteiger partial charge in [0, 0.05) is 37.5 Å². The minimum atomic E-state index is -0.657. The Labute approximate surface area is 139 Å². The standard InChI is InChI=1S/C16H20FN5O2/c1-21(2)9-8-19-16-12(4-3-7-18-16)11-20-15-6-5-13(22(23)24)10-14(15)17/h3-7,10,20H,8-9,11H2,1-2H3,(H,18,19). The van der Waals surface area contributed by atoms with E-state index >= 15 is 0 Å². The topological polar surface area (TPSA) is 83.3 Å². The number of benzene rings is 1. The molecule has 2 rings (SSSR count). The lowest BCUT2D eigenvalue weighted by molar-refractivity contribution is -0.385. The van der Waals surface area contributed by atoms with Crippen LogP contribution in [0.25, 0.3) is 0 Å². The Kier molecular flexibility index (Phi) is 6.02. The van der Waals surface area contributed by atoms with Crippen LogP contribution < -0.4 is 10.6 Å². The van der Waals surface area contributed by atoms with Gasteiger partial charge in [0.05, 0.1) is 16.7 Å². The summed E-state index contributed by atoms with van der Waals surface area (Å²) in [6, 6.07) is 7.23. The van der Waals surface area contributed by atoms with E-state index in [-0.39, 0.29) is 11.4 Å². The summed E-state index contributed by atoms with van der Waals surface area (Å²) < 4.78 is 13.9. The normalized spacial score (nSPS) is 10.7. The summed E-state index contributed by atoms with van der Waals surface area (Å²) in [5.41, 5.74) is 0.822. The highest BCUT2D eigenvalue weighted by Crippen LogP contribution is 2.22. The van der Waals surface area contributed by atoms with Crippen LogP contribution in [-0.4, -0.2) is 42.0 Å². The molecule has 0 fully saturated rings. The van der Waals surface area contributed by atoms with Crippen LogP contribution >= 0.6 is 0 Å². The molecule has 1 heterocycles. The van der Waals surface area contributed by atoms with Crippen molar-refractivity contribution in [3.8, 4) is 0 Å². The quantitative estimate of drug-likeness (QED) is 0.571. The molecule has 0 aliphatic carbocycles. The van der Waals surface area contributed by atoms with Crippen LogP contribution in [0.1, 0.15) is 5.56 Å². The van der Waals surface area contributed by atoms with Crippen molar-refractivity contribution in [1.82, 2.24) is 9.88 Å². The van der Waals surface area contributed by atoms with Gasteiger partial charge in [0.1, 0.15) is 5.82 Å². The molecular weight excluding hydrogens is 313 g/mol. The molecular formula is C16H20FN5O2. The monoisotopic (exact) mass is 333 g/mol. The molecule has 0 unspecified atom stereocenters. The first-order valence-corrected chi connectivity index (χ1v) is 7.47. The molecule has 0 bridgehead atoms. The van der Waals surface area contributed by atoms with Crippen molar-refractivity contribution < 1.29 is 9.31 Å². The summed E-state index contributed by atoms with van der Waals surface area (Å²) in [6.07, 6.45) is 1.69. The average Bonchev–Trinajstić information content (AvgIpc) is 2.54. The van der Waals surface area contributed by atoms with E-state index in [4.69, 9.17) is 0 Å². The third-order valence-corrected chi connectivity index (χ3v) is 3.38. The number of pyridine rings is 1. The molecule has 0 spiro atoms. The number of nitrogens with zero attached hydrogens (tertiary/aromatic N) is 3. The fraction of sp³-hybridized carbons (Fsp3) is 0.312. The van der Waals surface area contributed by atoms with Gasteiger partial charge in [-0.25, -0.2) is 9.37 Å². The SMILES string of the molecule is CN(C)CCNc1ncccc1CNc1ccc([N+](=O)[O-])cc1F. The molecule has 7 nitrogen and oxygen atoms in total. The molecule has 128 valence electrons. The van der Waals surface area contributed by atoms with E-state index in [1.807, 2.05) is 20.2 Å². The molecule has 0 atom stereocenters. The summed E-state index contributed by atoms with van der Waals surface area (Å²) >= 11 is 0. The molecule has 0 aliphatic heterocycles. The van der Waals surface area contributed by atoms with Gasteiger partial charge < -0.3 is 15.5 Å². The number of non-ortho nitro benzene ring substituents is 1. The maximum absolute atomic E-state index is 13.9. The van der Waals surface area contributed by atoms with Gasteiger partial charge in [0.25, 0.3) is 5.69 Å². The zero-order valence-electron chi connectivity index (χ0n) is 13.6. The Morgan fingerprint density at radius 2 is 2.08 bits per heavy atom. The van der Waals surface area contributed by atoms with Crippen LogP contribution in [0.3, 0.4) is 0 Å². The number of hydrogen-bond donors (Lipinski definition) is 2. The Bertz CT molecular complexity index is 709. The minimum Gasteiger partial charge on any atom is -0.378 e. The zero-order valence-corrected chi connectivity index (χ0v) is 13.6. The maximum Gasteiger partial charge on any atom is 0.272 e. The Morgan fingerprint density at radius 1 is 1.29 bits per heavy atom. The van der Waals surface area contributed by atoms with Gasteiger partial charge in [-0.2, -0.15) is 0 Å². The predicted molar refractivity (Wildman–Crippen MR) is 91.7 cm³/mol. The second kappa shape index (κ2) is 8.21. The van der Waals surface area contributed by atoms with Gasteiger partial charge in [-0.3, -0.25) is 10.1 Å². The fourth-order valence-electron chi connectivity index (χ4n) is 2.09. The number of rotatable bonds is 8. The molecule has 0 saturated carbocycles. The van der Waals surface area contributed by atoms with E-state index in [9.17, 15) is 14.5 Å². The van der Waals surface area contributed by atoms with Crippen LogP contribution in [0.4, 0.5) is 21.6 Å². The number of nitrogens with one attached hydrogen (secondary N) is 2. The third kappa shape index (κ3) is 4.88. The van der Waals surface area contributed by atoms with Crippen molar-refractivity contribution in [2.24, 2.45) is 0 Å². The molecule has 24 heavy (non-hydrogen) atoms.